The first-order chi connectivity index (χ1) is 7.31. The van der Waals surface area contributed by atoms with Crippen molar-refractivity contribution in [1.82, 2.24) is 0 Å². The standard InChI is InChI=1S/C13H17BrO/c1-10(9-14)15-13-8-4-6-11-5-2-3-7-12(11)13/h4,6,8,10H,2-3,5,7,9H2,1H3. The van der Waals surface area contributed by atoms with Crippen LogP contribution in [-0.2, 0) is 12.8 Å². The van der Waals surface area contributed by atoms with Crippen LogP contribution in [0.25, 0.3) is 0 Å². The van der Waals surface area contributed by atoms with Crippen molar-refractivity contribution in [1.29, 1.82) is 0 Å². The fourth-order valence-corrected chi connectivity index (χ4v) is 2.24. The molecule has 0 radical (unpaired) electrons. The Morgan fingerprint density at radius 1 is 1.33 bits per heavy atom. The summed E-state index contributed by atoms with van der Waals surface area (Å²) >= 11 is 3.44. The van der Waals surface area contributed by atoms with Crippen molar-refractivity contribution in [3.05, 3.63) is 29.3 Å². The van der Waals surface area contributed by atoms with Crippen LogP contribution >= 0.6 is 15.9 Å². The van der Waals surface area contributed by atoms with Gasteiger partial charge in [-0.25, -0.2) is 0 Å². The fraction of sp³-hybridized carbons (Fsp3) is 0.538. The Kier molecular flexibility index (Phi) is 3.68. The van der Waals surface area contributed by atoms with Crippen LogP contribution in [0, 0.1) is 0 Å². The lowest BCUT2D eigenvalue weighted by Gasteiger charge is -2.21. The number of rotatable bonds is 3. The van der Waals surface area contributed by atoms with Gasteiger partial charge in [-0.05, 0) is 49.8 Å². The lowest BCUT2D eigenvalue weighted by molar-refractivity contribution is 0.244. The molecular weight excluding hydrogens is 252 g/mol. The maximum absolute atomic E-state index is 5.92. The highest BCUT2D eigenvalue weighted by Crippen LogP contribution is 2.30. The quantitative estimate of drug-likeness (QED) is 0.760. The Hall–Kier alpha value is -0.500. The maximum atomic E-state index is 5.92. The minimum absolute atomic E-state index is 0.249. The van der Waals surface area contributed by atoms with Crippen LogP contribution in [0.4, 0.5) is 0 Å². The van der Waals surface area contributed by atoms with E-state index in [0.29, 0.717) is 0 Å². The van der Waals surface area contributed by atoms with Crippen molar-refractivity contribution in [3.63, 3.8) is 0 Å². The second-order valence-electron chi connectivity index (χ2n) is 4.18. The predicted octanol–water partition coefficient (Wildman–Crippen LogP) is 3.73. The summed E-state index contributed by atoms with van der Waals surface area (Å²) in [4.78, 5) is 0. The van der Waals surface area contributed by atoms with Gasteiger partial charge in [-0.3, -0.25) is 0 Å². The largest absolute Gasteiger partial charge is 0.490 e. The van der Waals surface area contributed by atoms with E-state index < -0.39 is 0 Å². The molecule has 0 fully saturated rings. The summed E-state index contributed by atoms with van der Waals surface area (Å²) in [5, 5.41) is 0.886. The molecule has 0 N–H and O–H groups in total. The second kappa shape index (κ2) is 5.02. The molecule has 1 nitrogen and oxygen atoms in total. The van der Waals surface area contributed by atoms with Gasteiger partial charge in [0.25, 0.3) is 0 Å². The van der Waals surface area contributed by atoms with Crippen molar-refractivity contribution in [2.24, 2.45) is 0 Å². The first-order valence-corrected chi connectivity index (χ1v) is 6.77. The van der Waals surface area contributed by atoms with Crippen molar-refractivity contribution in [3.8, 4) is 5.75 Å². The minimum atomic E-state index is 0.249. The number of halogens is 1. The van der Waals surface area contributed by atoms with E-state index in [4.69, 9.17) is 4.74 Å². The van der Waals surface area contributed by atoms with Crippen LogP contribution in [0.3, 0.4) is 0 Å². The van der Waals surface area contributed by atoms with Gasteiger partial charge < -0.3 is 4.74 Å². The highest BCUT2D eigenvalue weighted by molar-refractivity contribution is 9.09. The second-order valence-corrected chi connectivity index (χ2v) is 4.83. The van der Waals surface area contributed by atoms with Crippen molar-refractivity contribution >= 4 is 15.9 Å². The molecule has 1 unspecified atom stereocenters. The third-order valence-corrected chi connectivity index (χ3v) is 3.81. The van der Waals surface area contributed by atoms with Crippen molar-refractivity contribution < 1.29 is 4.74 Å². The first kappa shape index (κ1) is 11.0. The molecule has 0 bridgehead atoms. The van der Waals surface area contributed by atoms with Gasteiger partial charge in [0.05, 0.1) is 0 Å². The Morgan fingerprint density at radius 3 is 2.93 bits per heavy atom. The van der Waals surface area contributed by atoms with Crippen molar-refractivity contribution in [2.75, 3.05) is 5.33 Å². The number of fused-ring (bicyclic) bond motifs is 1. The first-order valence-electron chi connectivity index (χ1n) is 5.64. The third kappa shape index (κ3) is 2.54. The SMILES string of the molecule is CC(CBr)Oc1cccc2c1CCCC2. The predicted molar refractivity (Wildman–Crippen MR) is 67.0 cm³/mol. The van der Waals surface area contributed by atoms with Crippen LogP contribution in [0.15, 0.2) is 18.2 Å². The molecule has 15 heavy (non-hydrogen) atoms. The molecule has 0 aliphatic heterocycles. The number of aryl methyl sites for hydroxylation is 1. The van der Waals surface area contributed by atoms with E-state index in [0.717, 1.165) is 11.1 Å². The van der Waals surface area contributed by atoms with Gasteiger partial charge in [0.2, 0.25) is 0 Å². The molecule has 0 spiro atoms. The molecule has 0 heterocycles. The third-order valence-electron chi connectivity index (χ3n) is 2.90. The molecule has 0 aromatic heterocycles. The molecule has 1 aromatic rings. The lowest BCUT2D eigenvalue weighted by atomic mass is 9.91. The Labute approximate surface area is 100.0 Å². The van der Waals surface area contributed by atoms with Crippen LogP contribution < -0.4 is 4.74 Å². The average molecular weight is 269 g/mol. The van der Waals surface area contributed by atoms with Crippen LogP contribution in [0.2, 0.25) is 0 Å². The molecule has 1 atom stereocenters. The van der Waals surface area contributed by atoms with Gasteiger partial charge in [-0.1, -0.05) is 28.1 Å². The van der Waals surface area contributed by atoms with E-state index in [1.165, 1.54) is 36.8 Å². The highest BCUT2D eigenvalue weighted by Gasteiger charge is 2.14. The number of benzene rings is 1. The van der Waals surface area contributed by atoms with Gasteiger partial charge in [-0.2, -0.15) is 0 Å². The smallest absolute Gasteiger partial charge is 0.123 e. The summed E-state index contributed by atoms with van der Waals surface area (Å²) in [5.74, 6) is 1.10. The zero-order valence-corrected chi connectivity index (χ0v) is 10.7. The number of ether oxygens (including phenoxy) is 1. The molecule has 2 heteroatoms. The van der Waals surface area contributed by atoms with Crippen LogP contribution in [0.5, 0.6) is 5.75 Å². The summed E-state index contributed by atoms with van der Waals surface area (Å²) in [5.41, 5.74) is 2.93. The summed E-state index contributed by atoms with van der Waals surface area (Å²) < 4.78 is 5.92. The molecule has 2 rings (SSSR count). The monoisotopic (exact) mass is 268 g/mol. The van der Waals surface area contributed by atoms with Gasteiger partial charge >= 0.3 is 0 Å². The molecule has 0 saturated heterocycles. The Morgan fingerprint density at radius 2 is 2.13 bits per heavy atom. The van der Waals surface area contributed by atoms with E-state index in [1.807, 2.05) is 0 Å². The summed E-state index contributed by atoms with van der Waals surface area (Å²) in [6, 6.07) is 6.45. The molecule has 0 saturated carbocycles. The summed E-state index contributed by atoms with van der Waals surface area (Å²) in [6.45, 7) is 2.09. The fourth-order valence-electron chi connectivity index (χ4n) is 2.10. The van der Waals surface area contributed by atoms with Crippen molar-refractivity contribution in [2.45, 2.75) is 38.7 Å². The molecular formula is C13H17BrO. The molecule has 82 valence electrons. The summed E-state index contributed by atoms with van der Waals surface area (Å²) in [7, 11) is 0. The minimum Gasteiger partial charge on any atom is -0.490 e. The van der Waals surface area contributed by atoms with E-state index in [9.17, 15) is 0 Å². The number of alkyl halides is 1. The zero-order valence-electron chi connectivity index (χ0n) is 9.13. The zero-order chi connectivity index (χ0) is 10.7. The Balaban J connectivity index is 2.23. The van der Waals surface area contributed by atoms with Gasteiger partial charge in [-0.15, -0.1) is 0 Å². The van der Waals surface area contributed by atoms with Crippen LogP contribution in [-0.4, -0.2) is 11.4 Å². The van der Waals surface area contributed by atoms with E-state index in [-0.39, 0.29) is 6.10 Å². The van der Waals surface area contributed by atoms with E-state index in [2.05, 4.69) is 41.1 Å². The van der Waals surface area contributed by atoms with Gasteiger partial charge in [0.15, 0.2) is 0 Å². The van der Waals surface area contributed by atoms with E-state index in [1.54, 1.807) is 0 Å². The lowest BCUT2D eigenvalue weighted by Crippen LogP contribution is -2.15. The Bertz CT molecular complexity index is 335. The number of hydrogen-bond donors (Lipinski definition) is 0. The number of hydrogen-bond acceptors (Lipinski definition) is 1. The normalized spacial score (nSPS) is 16.9. The summed E-state index contributed by atoms with van der Waals surface area (Å²) in [6.07, 6.45) is 5.27. The molecule has 1 aliphatic carbocycles. The molecule has 1 aliphatic rings. The maximum Gasteiger partial charge on any atom is 0.123 e. The van der Waals surface area contributed by atoms with E-state index >= 15 is 0 Å². The van der Waals surface area contributed by atoms with Crippen LogP contribution in [0.1, 0.15) is 30.9 Å². The highest BCUT2D eigenvalue weighted by atomic mass is 79.9. The van der Waals surface area contributed by atoms with Gasteiger partial charge in [0, 0.05) is 5.33 Å². The molecule has 0 amide bonds. The molecule has 1 aromatic carbocycles. The van der Waals surface area contributed by atoms with Gasteiger partial charge in [0.1, 0.15) is 11.9 Å². The topological polar surface area (TPSA) is 9.23 Å². The average Bonchev–Trinajstić information content (AvgIpc) is 2.29.